The Morgan fingerprint density at radius 2 is 2.11 bits per heavy atom. The fraction of sp³-hybridized carbons (Fsp3) is 0.385. The summed E-state index contributed by atoms with van der Waals surface area (Å²) in [4.78, 5) is 23.1. The van der Waals surface area contributed by atoms with Gasteiger partial charge in [-0.05, 0) is 47.0 Å². The Morgan fingerprint density at radius 1 is 1.42 bits per heavy atom. The Kier molecular flexibility index (Phi) is 3.89. The number of carbonyl (C=O) groups is 2. The quantitative estimate of drug-likeness (QED) is 0.892. The first-order valence-electron chi connectivity index (χ1n) is 5.91. The van der Waals surface area contributed by atoms with Crippen LogP contribution in [0.15, 0.2) is 22.7 Å². The van der Waals surface area contributed by atoms with Crippen molar-refractivity contribution in [3.8, 4) is 0 Å². The van der Waals surface area contributed by atoms with Gasteiger partial charge in [0.2, 0.25) is 0 Å². The molecule has 102 valence electrons. The van der Waals surface area contributed by atoms with E-state index in [2.05, 4.69) is 21.2 Å². The van der Waals surface area contributed by atoms with E-state index in [1.54, 1.807) is 0 Å². The lowest BCUT2D eigenvalue weighted by atomic mass is 9.69. The van der Waals surface area contributed by atoms with E-state index in [9.17, 15) is 14.0 Å². The minimum atomic E-state index is -0.878. The topological polar surface area (TPSA) is 66.4 Å². The van der Waals surface area contributed by atoms with Crippen molar-refractivity contribution < 1.29 is 19.1 Å². The number of amides is 1. The van der Waals surface area contributed by atoms with Crippen molar-refractivity contribution in [1.82, 2.24) is 5.32 Å². The van der Waals surface area contributed by atoms with Crippen LogP contribution in [0, 0.1) is 11.2 Å². The molecule has 1 fully saturated rings. The lowest BCUT2D eigenvalue weighted by Gasteiger charge is -2.37. The molecule has 1 saturated carbocycles. The molecule has 2 N–H and O–H groups in total. The third-order valence-corrected chi connectivity index (χ3v) is 4.18. The zero-order chi connectivity index (χ0) is 14.0. The molecule has 19 heavy (non-hydrogen) atoms. The van der Waals surface area contributed by atoms with Crippen LogP contribution in [0.2, 0.25) is 0 Å². The van der Waals surface area contributed by atoms with Crippen LogP contribution < -0.4 is 5.32 Å². The highest BCUT2D eigenvalue weighted by atomic mass is 79.9. The van der Waals surface area contributed by atoms with Crippen LogP contribution in [0.1, 0.15) is 29.6 Å². The second-order valence-electron chi connectivity index (χ2n) is 4.75. The summed E-state index contributed by atoms with van der Waals surface area (Å²) in [6.07, 6.45) is 2.02. The number of rotatable bonds is 4. The number of carbonyl (C=O) groups excluding carboxylic acids is 1. The zero-order valence-electron chi connectivity index (χ0n) is 10.1. The van der Waals surface area contributed by atoms with Gasteiger partial charge < -0.3 is 10.4 Å². The summed E-state index contributed by atoms with van der Waals surface area (Å²) < 4.78 is 13.3. The molecule has 0 aliphatic heterocycles. The summed E-state index contributed by atoms with van der Waals surface area (Å²) in [5.41, 5.74) is -0.538. The molecular weight excluding hydrogens is 317 g/mol. The highest BCUT2D eigenvalue weighted by molar-refractivity contribution is 9.10. The Bertz CT molecular complexity index is 529. The molecule has 2 rings (SSSR count). The lowest BCUT2D eigenvalue weighted by Crippen LogP contribution is -2.47. The van der Waals surface area contributed by atoms with Crippen LogP contribution >= 0.6 is 15.9 Å². The Balaban J connectivity index is 2.03. The van der Waals surface area contributed by atoms with E-state index in [0.29, 0.717) is 22.9 Å². The average Bonchev–Trinajstić information content (AvgIpc) is 2.26. The van der Waals surface area contributed by atoms with Crippen LogP contribution in [-0.4, -0.2) is 23.5 Å². The third-order valence-electron chi connectivity index (χ3n) is 3.53. The predicted octanol–water partition coefficient (Wildman–Crippen LogP) is 2.57. The van der Waals surface area contributed by atoms with Gasteiger partial charge in [0.25, 0.3) is 5.91 Å². The highest BCUT2D eigenvalue weighted by Crippen LogP contribution is 2.40. The van der Waals surface area contributed by atoms with E-state index in [1.807, 2.05) is 0 Å². The maximum Gasteiger partial charge on any atom is 0.311 e. The number of aliphatic carboxylic acids is 1. The van der Waals surface area contributed by atoms with Crippen molar-refractivity contribution in [2.45, 2.75) is 19.3 Å². The molecule has 1 aliphatic carbocycles. The number of benzene rings is 1. The van der Waals surface area contributed by atoms with Crippen LogP contribution in [0.3, 0.4) is 0 Å². The SMILES string of the molecule is O=C(NCC1(C(=O)O)CCC1)c1ccc(F)cc1Br. The number of hydrogen-bond acceptors (Lipinski definition) is 2. The van der Waals surface area contributed by atoms with Gasteiger partial charge in [-0.25, -0.2) is 4.39 Å². The van der Waals surface area contributed by atoms with Gasteiger partial charge in [0.15, 0.2) is 0 Å². The molecule has 0 unspecified atom stereocenters. The molecule has 1 aliphatic rings. The van der Waals surface area contributed by atoms with Gasteiger partial charge in [0, 0.05) is 11.0 Å². The first-order valence-corrected chi connectivity index (χ1v) is 6.71. The molecule has 0 aromatic heterocycles. The van der Waals surface area contributed by atoms with Crippen molar-refractivity contribution in [3.63, 3.8) is 0 Å². The summed E-state index contributed by atoms with van der Waals surface area (Å²) in [6.45, 7) is 0.102. The Hall–Kier alpha value is -1.43. The van der Waals surface area contributed by atoms with Crippen LogP contribution in [0.4, 0.5) is 4.39 Å². The monoisotopic (exact) mass is 329 g/mol. The van der Waals surface area contributed by atoms with Gasteiger partial charge in [-0.1, -0.05) is 6.42 Å². The maximum absolute atomic E-state index is 12.9. The third kappa shape index (κ3) is 2.78. The number of hydrogen-bond donors (Lipinski definition) is 2. The van der Waals surface area contributed by atoms with Crippen molar-refractivity contribution in [1.29, 1.82) is 0 Å². The number of halogens is 2. The summed E-state index contributed by atoms with van der Waals surface area (Å²) in [6, 6.07) is 3.75. The molecule has 0 heterocycles. The first-order chi connectivity index (χ1) is 8.94. The second kappa shape index (κ2) is 5.28. The molecule has 0 bridgehead atoms. The van der Waals surface area contributed by atoms with E-state index < -0.39 is 23.1 Å². The molecule has 0 radical (unpaired) electrons. The predicted molar refractivity (Wildman–Crippen MR) is 70.4 cm³/mol. The van der Waals surface area contributed by atoms with E-state index in [4.69, 9.17) is 5.11 Å². The zero-order valence-corrected chi connectivity index (χ0v) is 11.7. The Labute approximate surface area is 118 Å². The number of nitrogens with one attached hydrogen (secondary N) is 1. The van der Waals surface area contributed by atoms with Crippen LogP contribution in [0.5, 0.6) is 0 Å². The minimum Gasteiger partial charge on any atom is -0.481 e. The smallest absolute Gasteiger partial charge is 0.311 e. The summed E-state index contributed by atoms with van der Waals surface area (Å²) in [5.74, 6) is -1.72. The average molecular weight is 330 g/mol. The van der Waals surface area contributed by atoms with Gasteiger partial charge in [-0.2, -0.15) is 0 Å². The highest BCUT2D eigenvalue weighted by Gasteiger charge is 2.44. The first kappa shape index (κ1) is 14.0. The summed E-state index contributed by atoms with van der Waals surface area (Å²) in [7, 11) is 0. The normalized spacial score (nSPS) is 16.5. The number of carboxylic acid groups (broad SMARTS) is 1. The second-order valence-corrected chi connectivity index (χ2v) is 5.60. The van der Waals surface area contributed by atoms with E-state index in [0.717, 1.165) is 6.42 Å². The molecule has 0 saturated heterocycles. The fourth-order valence-corrected chi connectivity index (χ4v) is 2.62. The van der Waals surface area contributed by atoms with Gasteiger partial charge in [0.05, 0.1) is 11.0 Å². The lowest BCUT2D eigenvalue weighted by molar-refractivity contribution is -0.153. The maximum atomic E-state index is 12.9. The van der Waals surface area contributed by atoms with E-state index >= 15 is 0 Å². The molecule has 0 spiro atoms. The van der Waals surface area contributed by atoms with Gasteiger partial charge in [0.1, 0.15) is 5.82 Å². The minimum absolute atomic E-state index is 0.102. The van der Waals surface area contributed by atoms with Crippen molar-refractivity contribution >= 4 is 27.8 Å². The number of carboxylic acids is 1. The Morgan fingerprint density at radius 3 is 2.58 bits per heavy atom. The largest absolute Gasteiger partial charge is 0.481 e. The van der Waals surface area contributed by atoms with Crippen molar-refractivity contribution in [2.75, 3.05) is 6.54 Å². The van der Waals surface area contributed by atoms with Gasteiger partial charge >= 0.3 is 5.97 Å². The van der Waals surface area contributed by atoms with Gasteiger partial charge in [-0.3, -0.25) is 9.59 Å². The molecule has 1 aromatic carbocycles. The van der Waals surface area contributed by atoms with E-state index in [-0.39, 0.29) is 6.54 Å². The van der Waals surface area contributed by atoms with Crippen LogP contribution in [-0.2, 0) is 4.79 Å². The van der Waals surface area contributed by atoms with Crippen molar-refractivity contribution in [3.05, 3.63) is 34.1 Å². The summed E-state index contributed by atoms with van der Waals surface area (Å²) in [5, 5.41) is 11.8. The molecule has 0 atom stereocenters. The fourth-order valence-electron chi connectivity index (χ4n) is 2.09. The van der Waals surface area contributed by atoms with Crippen molar-refractivity contribution in [2.24, 2.45) is 5.41 Å². The van der Waals surface area contributed by atoms with Gasteiger partial charge in [-0.15, -0.1) is 0 Å². The van der Waals surface area contributed by atoms with E-state index in [1.165, 1.54) is 18.2 Å². The molecule has 1 amide bonds. The summed E-state index contributed by atoms with van der Waals surface area (Å²) >= 11 is 3.11. The molecular formula is C13H13BrFNO3. The standard InChI is InChI=1S/C13H13BrFNO3/c14-10-6-8(15)2-3-9(10)11(17)16-7-13(12(18)19)4-1-5-13/h2-3,6H,1,4-5,7H2,(H,16,17)(H,18,19). The molecule has 6 heteroatoms. The van der Waals surface area contributed by atoms with Crippen LogP contribution in [0.25, 0.3) is 0 Å². The molecule has 4 nitrogen and oxygen atoms in total. The molecule has 1 aromatic rings.